The van der Waals surface area contributed by atoms with Gasteiger partial charge in [-0.3, -0.25) is 19.6 Å². The van der Waals surface area contributed by atoms with Gasteiger partial charge in [-0.2, -0.15) is 0 Å². The Morgan fingerprint density at radius 1 is 1.00 bits per heavy atom. The minimum atomic E-state index is -1.24. The molecule has 0 spiro atoms. The molecule has 0 saturated carbocycles. The summed E-state index contributed by atoms with van der Waals surface area (Å²) in [5.74, 6) is -0.744. The van der Waals surface area contributed by atoms with Crippen molar-refractivity contribution < 1.29 is 9.59 Å². The number of aromatic nitrogens is 2. The number of hydrogen-bond donors (Lipinski definition) is 2. The predicted octanol–water partition coefficient (Wildman–Crippen LogP) is 2.91. The Hall–Kier alpha value is -3.28. The predicted molar refractivity (Wildman–Crippen MR) is 100 cm³/mol. The summed E-state index contributed by atoms with van der Waals surface area (Å²) in [6.45, 7) is 3.51. The number of rotatable bonds is 5. The fourth-order valence-corrected chi connectivity index (χ4v) is 2.49. The van der Waals surface area contributed by atoms with E-state index in [1.165, 1.54) is 0 Å². The van der Waals surface area contributed by atoms with Crippen LogP contribution in [0.25, 0.3) is 10.9 Å². The number of amides is 2. The number of pyridine rings is 2. The van der Waals surface area contributed by atoms with Crippen LogP contribution in [0.4, 0.5) is 5.69 Å². The van der Waals surface area contributed by atoms with Crippen LogP contribution in [-0.4, -0.2) is 21.8 Å². The van der Waals surface area contributed by atoms with E-state index in [9.17, 15) is 9.59 Å². The van der Waals surface area contributed by atoms with Gasteiger partial charge >= 0.3 is 0 Å². The molecule has 6 nitrogen and oxygen atoms in total. The molecule has 0 saturated heterocycles. The van der Waals surface area contributed by atoms with E-state index in [-0.39, 0.29) is 11.8 Å². The molecule has 0 aliphatic rings. The highest BCUT2D eigenvalue weighted by molar-refractivity contribution is 6.12. The number of para-hydroxylation sites is 1. The van der Waals surface area contributed by atoms with Crippen molar-refractivity contribution in [3.63, 3.8) is 0 Å². The molecule has 3 aromatic rings. The molecule has 2 amide bonds. The topological polar surface area (TPSA) is 84.0 Å². The Labute approximate surface area is 151 Å². The molecule has 0 aliphatic heterocycles. The third-order valence-electron chi connectivity index (χ3n) is 4.19. The van der Waals surface area contributed by atoms with Crippen LogP contribution < -0.4 is 10.6 Å². The largest absolute Gasteiger partial charge is 0.351 e. The lowest BCUT2D eigenvalue weighted by Crippen LogP contribution is -2.44. The van der Waals surface area contributed by atoms with Crippen LogP contribution in [0.5, 0.6) is 0 Å². The molecule has 0 atom stereocenters. The number of anilines is 1. The lowest BCUT2D eigenvalue weighted by Gasteiger charge is -2.23. The van der Waals surface area contributed by atoms with E-state index < -0.39 is 5.41 Å². The number of carbonyl (C=O) groups is 2. The molecular weight excluding hydrogens is 328 g/mol. The smallest absolute Gasteiger partial charge is 0.239 e. The van der Waals surface area contributed by atoms with Gasteiger partial charge < -0.3 is 10.6 Å². The van der Waals surface area contributed by atoms with Crippen LogP contribution in [0, 0.1) is 5.41 Å². The maximum Gasteiger partial charge on any atom is 0.239 e. The van der Waals surface area contributed by atoms with Crippen LogP contribution >= 0.6 is 0 Å². The van der Waals surface area contributed by atoms with Gasteiger partial charge in [0.25, 0.3) is 0 Å². The molecule has 6 heteroatoms. The summed E-state index contributed by atoms with van der Waals surface area (Å²) in [7, 11) is 0. The van der Waals surface area contributed by atoms with Gasteiger partial charge in [-0.1, -0.05) is 24.3 Å². The highest BCUT2D eigenvalue weighted by atomic mass is 16.2. The summed E-state index contributed by atoms with van der Waals surface area (Å²) in [4.78, 5) is 33.6. The zero-order valence-electron chi connectivity index (χ0n) is 14.7. The number of nitrogens with zero attached hydrogens (tertiary/aromatic N) is 2. The fraction of sp³-hybridized carbons (Fsp3) is 0.200. The lowest BCUT2D eigenvalue weighted by atomic mass is 9.90. The quantitative estimate of drug-likeness (QED) is 0.695. The molecule has 0 fully saturated rings. The molecule has 0 radical (unpaired) electrons. The van der Waals surface area contributed by atoms with Crippen molar-refractivity contribution >= 4 is 28.4 Å². The van der Waals surface area contributed by atoms with Crippen molar-refractivity contribution in [1.29, 1.82) is 0 Å². The van der Waals surface area contributed by atoms with Crippen molar-refractivity contribution in [3.05, 3.63) is 66.6 Å². The van der Waals surface area contributed by atoms with Crippen molar-refractivity contribution in [1.82, 2.24) is 15.3 Å². The number of benzene rings is 1. The molecule has 0 bridgehead atoms. The summed E-state index contributed by atoms with van der Waals surface area (Å²) in [5.41, 5.74) is 0.908. The van der Waals surface area contributed by atoms with Gasteiger partial charge in [-0.15, -0.1) is 0 Å². The Balaban J connectivity index is 1.71. The van der Waals surface area contributed by atoms with E-state index in [4.69, 9.17) is 0 Å². The maximum absolute atomic E-state index is 12.7. The van der Waals surface area contributed by atoms with Crippen LogP contribution in [0.3, 0.4) is 0 Å². The van der Waals surface area contributed by atoms with Crippen molar-refractivity contribution in [2.75, 3.05) is 5.32 Å². The van der Waals surface area contributed by atoms with Gasteiger partial charge in [-0.25, -0.2) is 0 Å². The van der Waals surface area contributed by atoms with Gasteiger partial charge in [0, 0.05) is 30.5 Å². The van der Waals surface area contributed by atoms with Gasteiger partial charge in [-0.05, 0) is 37.6 Å². The average molecular weight is 348 g/mol. The monoisotopic (exact) mass is 348 g/mol. The second-order valence-electron chi connectivity index (χ2n) is 6.50. The third-order valence-corrected chi connectivity index (χ3v) is 4.19. The van der Waals surface area contributed by atoms with Crippen molar-refractivity contribution in [2.45, 2.75) is 20.4 Å². The number of fused-ring (bicyclic) bond motifs is 1. The Morgan fingerprint density at radius 3 is 2.54 bits per heavy atom. The maximum atomic E-state index is 12.7. The molecule has 26 heavy (non-hydrogen) atoms. The Bertz CT molecular complexity index is 933. The number of nitrogens with one attached hydrogen (secondary N) is 2. The van der Waals surface area contributed by atoms with E-state index in [0.29, 0.717) is 17.7 Å². The molecule has 1 aromatic carbocycles. The van der Waals surface area contributed by atoms with Crippen molar-refractivity contribution in [2.24, 2.45) is 5.41 Å². The zero-order valence-corrected chi connectivity index (χ0v) is 14.7. The van der Waals surface area contributed by atoms with Crippen LogP contribution in [0.1, 0.15) is 19.4 Å². The summed E-state index contributed by atoms with van der Waals surface area (Å²) in [6.07, 6.45) is 5.01. The SMILES string of the molecule is CC(C)(C(=O)NCc1cccnc1)C(=O)Nc1cccc2cccnc12. The first-order chi connectivity index (χ1) is 12.5. The highest BCUT2D eigenvalue weighted by Crippen LogP contribution is 2.24. The second kappa shape index (κ2) is 7.31. The van der Waals surface area contributed by atoms with E-state index in [0.717, 1.165) is 10.9 Å². The minimum absolute atomic E-state index is 0.319. The summed E-state index contributed by atoms with van der Waals surface area (Å²) in [5, 5.41) is 6.54. The first-order valence-corrected chi connectivity index (χ1v) is 8.31. The van der Waals surface area contributed by atoms with E-state index >= 15 is 0 Å². The first kappa shape index (κ1) is 17.5. The number of carbonyl (C=O) groups excluding carboxylic acids is 2. The van der Waals surface area contributed by atoms with E-state index in [1.807, 2.05) is 30.3 Å². The first-order valence-electron chi connectivity index (χ1n) is 8.31. The molecule has 132 valence electrons. The molecule has 0 aliphatic carbocycles. The highest BCUT2D eigenvalue weighted by Gasteiger charge is 2.36. The molecular formula is C20H20N4O2. The fourth-order valence-electron chi connectivity index (χ4n) is 2.49. The minimum Gasteiger partial charge on any atom is -0.351 e. The Kier molecular flexibility index (Phi) is 4.93. The van der Waals surface area contributed by atoms with Gasteiger partial charge in [0.1, 0.15) is 5.41 Å². The van der Waals surface area contributed by atoms with E-state index in [1.54, 1.807) is 44.6 Å². The summed E-state index contributed by atoms with van der Waals surface area (Å²) >= 11 is 0. The van der Waals surface area contributed by atoms with Crippen LogP contribution in [0.2, 0.25) is 0 Å². The standard InChI is InChI=1S/C20H20N4O2/c1-20(2,18(25)23-13-14-6-4-10-21-12-14)19(26)24-16-9-3-7-15-8-5-11-22-17(15)16/h3-12H,13H2,1-2H3,(H,23,25)(H,24,26). The molecule has 2 aromatic heterocycles. The van der Waals surface area contributed by atoms with Gasteiger partial charge in [0.05, 0.1) is 11.2 Å². The van der Waals surface area contributed by atoms with Crippen molar-refractivity contribution in [3.8, 4) is 0 Å². The Morgan fingerprint density at radius 2 is 1.77 bits per heavy atom. The number of hydrogen-bond acceptors (Lipinski definition) is 4. The molecule has 2 N–H and O–H groups in total. The van der Waals surface area contributed by atoms with Gasteiger partial charge in [0.2, 0.25) is 11.8 Å². The van der Waals surface area contributed by atoms with Crippen LogP contribution in [0.15, 0.2) is 61.1 Å². The average Bonchev–Trinajstić information content (AvgIpc) is 2.67. The molecule has 2 heterocycles. The molecule has 3 rings (SSSR count). The zero-order chi connectivity index (χ0) is 18.6. The normalized spacial score (nSPS) is 11.2. The second-order valence-corrected chi connectivity index (χ2v) is 6.50. The van der Waals surface area contributed by atoms with Crippen LogP contribution in [-0.2, 0) is 16.1 Å². The third kappa shape index (κ3) is 3.69. The summed E-state index contributed by atoms with van der Waals surface area (Å²) in [6, 6.07) is 13.0. The van der Waals surface area contributed by atoms with E-state index in [2.05, 4.69) is 20.6 Å². The summed E-state index contributed by atoms with van der Waals surface area (Å²) < 4.78 is 0. The molecule has 0 unspecified atom stereocenters. The lowest BCUT2D eigenvalue weighted by molar-refractivity contribution is -0.138. The van der Waals surface area contributed by atoms with Gasteiger partial charge in [0.15, 0.2) is 0 Å².